The minimum absolute atomic E-state index is 0.0372. The largest absolute Gasteiger partial charge is 0.466 e. The highest BCUT2D eigenvalue weighted by Gasteiger charge is 2.19. The Labute approximate surface area is 105 Å². The van der Waals surface area contributed by atoms with Crippen LogP contribution < -0.4 is 9.47 Å². The normalized spacial score (nSPS) is 14.1. The van der Waals surface area contributed by atoms with Crippen LogP contribution in [0.5, 0.6) is 11.5 Å². The van der Waals surface area contributed by atoms with Crippen molar-refractivity contribution in [3.63, 3.8) is 0 Å². The molecule has 1 aromatic carbocycles. The van der Waals surface area contributed by atoms with Crippen molar-refractivity contribution in [2.75, 3.05) is 13.9 Å². The minimum Gasteiger partial charge on any atom is -0.466 e. The van der Waals surface area contributed by atoms with Crippen molar-refractivity contribution in [1.82, 2.24) is 0 Å². The predicted molar refractivity (Wildman–Crippen MR) is 63.4 cm³/mol. The van der Waals surface area contributed by atoms with E-state index in [0.717, 1.165) is 5.56 Å². The lowest BCUT2D eigenvalue weighted by atomic mass is 10.0. The molecule has 2 rings (SSSR count). The van der Waals surface area contributed by atoms with E-state index in [2.05, 4.69) is 11.3 Å². The highest BCUT2D eigenvalue weighted by Crippen LogP contribution is 2.32. The number of aliphatic hydroxyl groups excluding tert-OH is 1. The smallest absolute Gasteiger partial charge is 0.335 e. The fourth-order valence-corrected chi connectivity index (χ4v) is 1.68. The number of rotatable bonds is 4. The summed E-state index contributed by atoms with van der Waals surface area (Å²) < 4.78 is 14.9. The van der Waals surface area contributed by atoms with Gasteiger partial charge in [0.05, 0.1) is 18.8 Å². The molecule has 0 fully saturated rings. The van der Waals surface area contributed by atoms with Crippen molar-refractivity contribution in [1.29, 1.82) is 0 Å². The van der Waals surface area contributed by atoms with Crippen LogP contribution in [0.15, 0.2) is 30.4 Å². The lowest BCUT2D eigenvalue weighted by Crippen LogP contribution is -2.20. The SMILES string of the molecule is C=C(C(=O)OC)C(O)Cc1ccc2c(c1)OCO2. The molecule has 1 N–H and O–H groups in total. The topological polar surface area (TPSA) is 65.0 Å². The molecule has 1 aliphatic heterocycles. The minimum atomic E-state index is -0.974. The van der Waals surface area contributed by atoms with E-state index in [1.54, 1.807) is 18.2 Å². The fourth-order valence-electron chi connectivity index (χ4n) is 1.68. The van der Waals surface area contributed by atoms with Crippen molar-refractivity contribution in [2.24, 2.45) is 0 Å². The summed E-state index contributed by atoms with van der Waals surface area (Å²) in [5, 5.41) is 9.85. The molecule has 0 aromatic heterocycles. The van der Waals surface area contributed by atoms with E-state index in [9.17, 15) is 9.90 Å². The number of hydrogen-bond donors (Lipinski definition) is 1. The molecule has 0 spiro atoms. The summed E-state index contributed by atoms with van der Waals surface area (Å²) in [6.45, 7) is 3.72. The van der Waals surface area contributed by atoms with Crippen LogP contribution in [0.3, 0.4) is 0 Å². The highest BCUT2D eigenvalue weighted by atomic mass is 16.7. The summed E-state index contributed by atoms with van der Waals surface area (Å²) in [7, 11) is 1.25. The molecule has 96 valence electrons. The third-order valence-electron chi connectivity index (χ3n) is 2.72. The van der Waals surface area contributed by atoms with Gasteiger partial charge in [-0.25, -0.2) is 4.79 Å². The molecular formula is C13H14O5. The summed E-state index contributed by atoms with van der Waals surface area (Å²) in [5.41, 5.74) is 0.868. The first-order chi connectivity index (χ1) is 8.61. The van der Waals surface area contributed by atoms with Crippen LogP contribution in [0.4, 0.5) is 0 Å². The van der Waals surface area contributed by atoms with Crippen LogP contribution in [0.1, 0.15) is 5.56 Å². The standard InChI is InChI=1S/C13H14O5/c1-8(13(15)16-2)10(14)5-9-3-4-11-12(6-9)18-7-17-11/h3-4,6,10,14H,1,5,7H2,2H3. The Balaban J connectivity index is 2.05. The Morgan fingerprint density at radius 2 is 2.22 bits per heavy atom. The number of carbonyl (C=O) groups is 1. The van der Waals surface area contributed by atoms with Crippen LogP contribution in [0.2, 0.25) is 0 Å². The molecular weight excluding hydrogens is 236 g/mol. The first-order valence-electron chi connectivity index (χ1n) is 5.45. The predicted octanol–water partition coefficient (Wildman–Crippen LogP) is 1.05. The van der Waals surface area contributed by atoms with E-state index in [4.69, 9.17) is 9.47 Å². The quantitative estimate of drug-likeness (QED) is 0.639. The van der Waals surface area contributed by atoms with Gasteiger partial charge in [0, 0.05) is 6.42 Å². The lowest BCUT2D eigenvalue weighted by molar-refractivity contribution is -0.137. The molecule has 0 radical (unpaired) electrons. The maximum absolute atomic E-state index is 11.2. The Morgan fingerprint density at radius 3 is 2.94 bits per heavy atom. The number of methoxy groups -OCH3 is 1. The summed E-state index contributed by atoms with van der Waals surface area (Å²) in [6, 6.07) is 5.35. The Kier molecular flexibility index (Phi) is 3.53. The molecule has 1 atom stereocenters. The van der Waals surface area contributed by atoms with Gasteiger partial charge >= 0.3 is 5.97 Å². The number of carbonyl (C=O) groups excluding carboxylic acids is 1. The van der Waals surface area contributed by atoms with Gasteiger partial charge < -0.3 is 19.3 Å². The van der Waals surface area contributed by atoms with E-state index in [1.165, 1.54) is 7.11 Å². The van der Waals surface area contributed by atoms with Crippen molar-refractivity contribution in [3.8, 4) is 11.5 Å². The number of benzene rings is 1. The molecule has 0 saturated heterocycles. The van der Waals surface area contributed by atoms with Crippen molar-refractivity contribution in [3.05, 3.63) is 35.9 Å². The Morgan fingerprint density at radius 1 is 1.50 bits per heavy atom. The summed E-state index contributed by atoms with van der Waals surface area (Å²) in [6.07, 6.45) is -0.706. The van der Waals surface area contributed by atoms with E-state index in [1.807, 2.05) is 0 Å². The second-order valence-electron chi connectivity index (χ2n) is 3.92. The summed E-state index contributed by atoms with van der Waals surface area (Å²) >= 11 is 0. The summed E-state index contributed by atoms with van der Waals surface area (Å²) in [4.78, 5) is 11.2. The zero-order valence-electron chi connectivity index (χ0n) is 10.0. The van der Waals surface area contributed by atoms with Crippen LogP contribution in [0.25, 0.3) is 0 Å². The van der Waals surface area contributed by atoms with Gasteiger partial charge in [0.25, 0.3) is 0 Å². The first kappa shape index (κ1) is 12.4. The van der Waals surface area contributed by atoms with Gasteiger partial charge in [-0.2, -0.15) is 0 Å². The van der Waals surface area contributed by atoms with Crippen molar-refractivity contribution < 1.29 is 24.1 Å². The molecule has 0 amide bonds. The Hall–Kier alpha value is -2.01. The third kappa shape index (κ3) is 2.46. The number of hydrogen-bond acceptors (Lipinski definition) is 5. The molecule has 1 heterocycles. The van der Waals surface area contributed by atoms with Crippen LogP contribution in [0, 0.1) is 0 Å². The van der Waals surface area contributed by atoms with E-state index in [-0.39, 0.29) is 18.8 Å². The molecule has 1 aromatic rings. The average Bonchev–Trinajstić information content (AvgIpc) is 2.84. The van der Waals surface area contributed by atoms with Crippen molar-refractivity contribution >= 4 is 5.97 Å². The summed E-state index contributed by atoms with van der Waals surface area (Å²) in [5.74, 6) is 0.714. The van der Waals surface area contributed by atoms with Gasteiger partial charge in [-0.05, 0) is 17.7 Å². The number of esters is 1. The molecule has 0 aliphatic carbocycles. The second kappa shape index (κ2) is 5.10. The molecule has 1 aliphatic rings. The second-order valence-corrected chi connectivity index (χ2v) is 3.92. The third-order valence-corrected chi connectivity index (χ3v) is 2.72. The van der Waals surface area contributed by atoms with Gasteiger partial charge in [-0.3, -0.25) is 0 Å². The van der Waals surface area contributed by atoms with Gasteiger partial charge in [0.1, 0.15) is 0 Å². The maximum Gasteiger partial charge on any atom is 0.335 e. The molecule has 0 bridgehead atoms. The van der Waals surface area contributed by atoms with Crippen LogP contribution in [-0.2, 0) is 16.0 Å². The monoisotopic (exact) mass is 250 g/mol. The number of ether oxygens (including phenoxy) is 3. The van der Waals surface area contributed by atoms with Gasteiger partial charge in [0.2, 0.25) is 6.79 Å². The van der Waals surface area contributed by atoms with Gasteiger partial charge in [-0.1, -0.05) is 12.6 Å². The zero-order valence-corrected chi connectivity index (χ0v) is 10.0. The molecule has 1 unspecified atom stereocenters. The first-order valence-corrected chi connectivity index (χ1v) is 5.45. The highest BCUT2D eigenvalue weighted by molar-refractivity contribution is 5.88. The van der Waals surface area contributed by atoms with E-state index >= 15 is 0 Å². The zero-order chi connectivity index (χ0) is 13.1. The molecule has 5 heteroatoms. The van der Waals surface area contributed by atoms with Crippen molar-refractivity contribution in [2.45, 2.75) is 12.5 Å². The van der Waals surface area contributed by atoms with E-state index < -0.39 is 12.1 Å². The van der Waals surface area contributed by atoms with E-state index in [0.29, 0.717) is 11.5 Å². The maximum atomic E-state index is 11.2. The Bertz CT molecular complexity index is 480. The van der Waals surface area contributed by atoms with Gasteiger partial charge in [-0.15, -0.1) is 0 Å². The van der Waals surface area contributed by atoms with Gasteiger partial charge in [0.15, 0.2) is 11.5 Å². The number of aliphatic hydroxyl groups is 1. The van der Waals surface area contributed by atoms with Crippen LogP contribution >= 0.6 is 0 Å². The fraction of sp³-hybridized carbons (Fsp3) is 0.308. The molecule has 18 heavy (non-hydrogen) atoms. The molecule has 5 nitrogen and oxygen atoms in total. The average molecular weight is 250 g/mol. The number of fused-ring (bicyclic) bond motifs is 1. The molecule has 0 saturated carbocycles. The lowest BCUT2D eigenvalue weighted by Gasteiger charge is -2.12. The van der Waals surface area contributed by atoms with Crippen LogP contribution in [-0.4, -0.2) is 31.1 Å².